The molecule has 1 atom stereocenters. The van der Waals surface area contributed by atoms with Crippen molar-refractivity contribution >= 4 is 28.9 Å². The van der Waals surface area contributed by atoms with Gasteiger partial charge in [-0.25, -0.2) is 0 Å². The van der Waals surface area contributed by atoms with Crippen LogP contribution >= 0.6 is 12.2 Å². The molecule has 0 aliphatic carbocycles. The molecule has 0 radical (unpaired) electrons. The summed E-state index contributed by atoms with van der Waals surface area (Å²) < 4.78 is 0. The first-order valence-corrected chi connectivity index (χ1v) is 7.41. The van der Waals surface area contributed by atoms with Gasteiger partial charge in [0.1, 0.15) is 6.04 Å². The SMILES string of the molecule is CCCNC(=O)[C@H](C)NC(=S)Nc1ccc(CC)cc1. The number of carbonyl (C=O) groups is 1. The zero-order chi connectivity index (χ0) is 15.0. The number of thiocarbonyl (C=S) groups is 1. The maximum atomic E-state index is 11.7. The predicted octanol–water partition coefficient (Wildman–Crippen LogP) is 2.45. The Morgan fingerprint density at radius 3 is 2.45 bits per heavy atom. The van der Waals surface area contributed by atoms with E-state index in [1.807, 2.05) is 19.1 Å². The predicted molar refractivity (Wildman–Crippen MR) is 87.9 cm³/mol. The zero-order valence-corrected chi connectivity index (χ0v) is 13.1. The monoisotopic (exact) mass is 293 g/mol. The second-order valence-electron chi connectivity index (χ2n) is 4.66. The standard InChI is InChI=1S/C15H23N3OS/c1-4-10-16-14(19)11(3)17-15(20)18-13-8-6-12(5-2)7-9-13/h6-9,11H,4-5,10H2,1-3H3,(H,16,19)(H2,17,18,20)/t11-/m0/s1. The van der Waals surface area contributed by atoms with Gasteiger partial charge in [0.15, 0.2) is 5.11 Å². The van der Waals surface area contributed by atoms with E-state index in [2.05, 4.69) is 35.0 Å². The molecule has 20 heavy (non-hydrogen) atoms. The number of nitrogens with one attached hydrogen (secondary N) is 3. The van der Waals surface area contributed by atoms with Crippen molar-refractivity contribution in [3.8, 4) is 0 Å². The number of hydrogen-bond donors (Lipinski definition) is 3. The fraction of sp³-hybridized carbons (Fsp3) is 0.467. The molecule has 0 saturated carbocycles. The first-order chi connectivity index (χ1) is 9.56. The average Bonchev–Trinajstić information content (AvgIpc) is 2.45. The molecular formula is C15H23N3OS. The molecule has 1 rings (SSSR count). The molecule has 0 spiro atoms. The van der Waals surface area contributed by atoms with Crippen LogP contribution < -0.4 is 16.0 Å². The number of rotatable bonds is 6. The lowest BCUT2D eigenvalue weighted by Crippen LogP contribution is -2.46. The molecule has 0 fully saturated rings. The Morgan fingerprint density at radius 1 is 1.25 bits per heavy atom. The fourth-order valence-corrected chi connectivity index (χ4v) is 1.95. The maximum Gasteiger partial charge on any atom is 0.242 e. The van der Waals surface area contributed by atoms with Crippen molar-refractivity contribution in [3.05, 3.63) is 29.8 Å². The highest BCUT2D eigenvalue weighted by atomic mass is 32.1. The highest BCUT2D eigenvalue weighted by Gasteiger charge is 2.12. The van der Waals surface area contributed by atoms with Gasteiger partial charge in [-0.05, 0) is 49.7 Å². The van der Waals surface area contributed by atoms with E-state index in [0.29, 0.717) is 11.7 Å². The summed E-state index contributed by atoms with van der Waals surface area (Å²) in [7, 11) is 0. The Bertz CT molecular complexity index is 445. The van der Waals surface area contributed by atoms with Gasteiger partial charge in [0.25, 0.3) is 0 Å². The van der Waals surface area contributed by atoms with Gasteiger partial charge in [0.2, 0.25) is 5.91 Å². The van der Waals surface area contributed by atoms with Crippen LogP contribution in [0.5, 0.6) is 0 Å². The van der Waals surface area contributed by atoms with Crippen molar-refractivity contribution in [1.82, 2.24) is 10.6 Å². The van der Waals surface area contributed by atoms with Crippen molar-refractivity contribution in [2.45, 2.75) is 39.7 Å². The van der Waals surface area contributed by atoms with E-state index in [-0.39, 0.29) is 11.9 Å². The first-order valence-electron chi connectivity index (χ1n) is 7.01. The maximum absolute atomic E-state index is 11.7. The highest BCUT2D eigenvalue weighted by molar-refractivity contribution is 7.80. The second kappa shape index (κ2) is 8.53. The smallest absolute Gasteiger partial charge is 0.242 e. The number of amides is 1. The van der Waals surface area contributed by atoms with Gasteiger partial charge in [0.05, 0.1) is 0 Å². The third kappa shape index (κ3) is 5.57. The van der Waals surface area contributed by atoms with Crippen LogP contribution in [0.2, 0.25) is 0 Å². The van der Waals surface area contributed by atoms with E-state index in [1.54, 1.807) is 6.92 Å². The Balaban J connectivity index is 2.44. The van der Waals surface area contributed by atoms with Crippen LogP contribution in [0.25, 0.3) is 0 Å². The number of anilines is 1. The quantitative estimate of drug-likeness (QED) is 0.705. The average molecular weight is 293 g/mol. The summed E-state index contributed by atoms with van der Waals surface area (Å²) in [6, 6.07) is 7.73. The van der Waals surface area contributed by atoms with Gasteiger partial charge < -0.3 is 16.0 Å². The van der Waals surface area contributed by atoms with Crippen LogP contribution in [0.15, 0.2) is 24.3 Å². The normalized spacial score (nSPS) is 11.6. The van der Waals surface area contributed by atoms with E-state index < -0.39 is 0 Å². The molecule has 0 heterocycles. The summed E-state index contributed by atoms with van der Waals surface area (Å²) in [4.78, 5) is 11.7. The van der Waals surface area contributed by atoms with Crippen LogP contribution in [0.4, 0.5) is 5.69 Å². The minimum absolute atomic E-state index is 0.0441. The van der Waals surface area contributed by atoms with Gasteiger partial charge >= 0.3 is 0 Å². The number of hydrogen-bond acceptors (Lipinski definition) is 2. The summed E-state index contributed by atoms with van der Waals surface area (Å²) in [5, 5.41) is 9.33. The van der Waals surface area contributed by atoms with Crippen LogP contribution in [0.3, 0.4) is 0 Å². The molecular weight excluding hydrogens is 270 g/mol. The molecule has 4 nitrogen and oxygen atoms in total. The molecule has 0 saturated heterocycles. The van der Waals surface area contributed by atoms with Crippen molar-refractivity contribution in [2.24, 2.45) is 0 Å². The second-order valence-corrected chi connectivity index (χ2v) is 5.07. The third-order valence-corrected chi connectivity index (χ3v) is 3.13. The Labute approximate surface area is 126 Å². The Hall–Kier alpha value is -1.62. The molecule has 0 aliphatic rings. The van der Waals surface area contributed by atoms with Crippen LogP contribution in [-0.2, 0) is 11.2 Å². The molecule has 110 valence electrons. The Morgan fingerprint density at radius 2 is 1.90 bits per heavy atom. The van der Waals surface area contributed by atoms with Crippen molar-refractivity contribution in [2.75, 3.05) is 11.9 Å². The number of carbonyl (C=O) groups excluding carboxylic acids is 1. The van der Waals surface area contributed by atoms with Crippen molar-refractivity contribution < 1.29 is 4.79 Å². The topological polar surface area (TPSA) is 53.2 Å². The molecule has 0 bridgehead atoms. The lowest BCUT2D eigenvalue weighted by Gasteiger charge is -2.16. The van der Waals surface area contributed by atoms with E-state index >= 15 is 0 Å². The van der Waals surface area contributed by atoms with Gasteiger partial charge in [-0.15, -0.1) is 0 Å². The van der Waals surface area contributed by atoms with E-state index in [0.717, 1.165) is 18.5 Å². The molecule has 1 aromatic rings. The summed E-state index contributed by atoms with van der Waals surface area (Å²) >= 11 is 5.20. The molecule has 0 unspecified atom stereocenters. The van der Waals surface area contributed by atoms with Crippen LogP contribution in [0.1, 0.15) is 32.8 Å². The molecule has 1 amide bonds. The van der Waals surface area contributed by atoms with Crippen molar-refractivity contribution in [3.63, 3.8) is 0 Å². The number of aryl methyl sites for hydroxylation is 1. The van der Waals surface area contributed by atoms with E-state index in [1.165, 1.54) is 5.56 Å². The van der Waals surface area contributed by atoms with Gasteiger partial charge in [-0.2, -0.15) is 0 Å². The largest absolute Gasteiger partial charge is 0.354 e. The highest BCUT2D eigenvalue weighted by Crippen LogP contribution is 2.09. The van der Waals surface area contributed by atoms with Crippen LogP contribution in [0, 0.1) is 0 Å². The molecule has 1 aromatic carbocycles. The lowest BCUT2D eigenvalue weighted by atomic mass is 10.1. The molecule has 3 N–H and O–H groups in total. The fourth-order valence-electron chi connectivity index (χ4n) is 1.65. The summed E-state index contributed by atoms with van der Waals surface area (Å²) in [5.74, 6) is -0.0441. The van der Waals surface area contributed by atoms with Crippen LogP contribution in [-0.4, -0.2) is 23.6 Å². The third-order valence-electron chi connectivity index (χ3n) is 2.91. The van der Waals surface area contributed by atoms with Gasteiger partial charge in [-0.1, -0.05) is 26.0 Å². The van der Waals surface area contributed by atoms with Crippen molar-refractivity contribution in [1.29, 1.82) is 0 Å². The summed E-state index contributed by atoms with van der Waals surface area (Å²) in [6.07, 6.45) is 1.93. The number of benzene rings is 1. The summed E-state index contributed by atoms with van der Waals surface area (Å²) in [6.45, 7) is 6.61. The first kappa shape index (κ1) is 16.4. The lowest BCUT2D eigenvalue weighted by molar-refractivity contribution is -0.122. The molecule has 0 aliphatic heterocycles. The minimum Gasteiger partial charge on any atom is -0.354 e. The van der Waals surface area contributed by atoms with E-state index in [4.69, 9.17) is 12.2 Å². The van der Waals surface area contributed by atoms with E-state index in [9.17, 15) is 4.79 Å². The minimum atomic E-state index is -0.350. The zero-order valence-electron chi connectivity index (χ0n) is 12.3. The Kier molecular flexibility index (Phi) is 7.01. The molecule has 5 heteroatoms. The summed E-state index contributed by atoms with van der Waals surface area (Å²) in [5.41, 5.74) is 2.20. The van der Waals surface area contributed by atoms with Gasteiger partial charge in [0, 0.05) is 12.2 Å². The molecule has 0 aromatic heterocycles. The van der Waals surface area contributed by atoms with Gasteiger partial charge in [-0.3, -0.25) is 4.79 Å².